The van der Waals surface area contributed by atoms with Crippen LogP contribution >= 0.6 is 11.6 Å². The Morgan fingerprint density at radius 2 is 1.93 bits per heavy atom. The smallest absolute Gasteiger partial charge is 0.0408 e. The quantitative estimate of drug-likeness (QED) is 0.674. The molecule has 15 heavy (non-hydrogen) atoms. The zero-order chi connectivity index (χ0) is 11.1. The van der Waals surface area contributed by atoms with Crippen molar-refractivity contribution < 1.29 is 0 Å². The maximum Gasteiger partial charge on any atom is 0.0408 e. The summed E-state index contributed by atoms with van der Waals surface area (Å²) >= 11 is 6.05. The lowest BCUT2D eigenvalue weighted by Crippen LogP contribution is -2.17. The molecule has 1 aromatic rings. The molecule has 0 aliphatic heterocycles. The van der Waals surface area contributed by atoms with Gasteiger partial charge in [0.2, 0.25) is 0 Å². The summed E-state index contributed by atoms with van der Waals surface area (Å²) in [5.74, 6) is 0. The molecule has 0 N–H and O–H groups in total. The molecule has 2 rings (SSSR count). The average Bonchev–Trinajstić information content (AvgIpc) is 2.83. The van der Waals surface area contributed by atoms with Crippen LogP contribution in [0.2, 0.25) is 5.02 Å². The van der Waals surface area contributed by atoms with E-state index < -0.39 is 0 Å². The largest absolute Gasteiger partial charge is 0.0843 e. The molecule has 0 heterocycles. The molecule has 0 unspecified atom stereocenters. The highest BCUT2D eigenvalue weighted by Gasteiger charge is 2.46. The van der Waals surface area contributed by atoms with Crippen molar-refractivity contribution >= 4 is 11.6 Å². The Kier molecular flexibility index (Phi) is 2.58. The number of hydrogen-bond acceptors (Lipinski definition) is 0. The standard InChI is InChI=1S/C14H19Cl/c1-13(2,3)10-14(7-8-14)11-5-4-6-12(15)9-11/h4-6,9H,7-8,10H2,1-3H3. The first-order valence-corrected chi connectivity index (χ1v) is 6.05. The fourth-order valence-electron chi connectivity index (χ4n) is 2.55. The number of benzene rings is 1. The Morgan fingerprint density at radius 3 is 2.40 bits per heavy atom. The summed E-state index contributed by atoms with van der Waals surface area (Å²) in [6.45, 7) is 6.95. The SMILES string of the molecule is CC(C)(C)CC1(c2cccc(Cl)c2)CC1. The first kappa shape index (κ1) is 11.0. The van der Waals surface area contributed by atoms with Gasteiger partial charge in [0, 0.05) is 5.02 Å². The van der Waals surface area contributed by atoms with E-state index >= 15 is 0 Å². The molecule has 0 amide bonds. The summed E-state index contributed by atoms with van der Waals surface area (Å²) < 4.78 is 0. The van der Waals surface area contributed by atoms with Gasteiger partial charge in [0.25, 0.3) is 0 Å². The summed E-state index contributed by atoms with van der Waals surface area (Å²) in [7, 11) is 0. The van der Waals surface area contributed by atoms with Crippen LogP contribution in [-0.2, 0) is 5.41 Å². The van der Waals surface area contributed by atoms with E-state index in [1.165, 1.54) is 24.8 Å². The molecule has 1 fully saturated rings. The van der Waals surface area contributed by atoms with Gasteiger partial charge >= 0.3 is 0 Å². The maximum absolute atomic E-state index is 6.05. The van der Waals surface area contributed by atoms with Crippen LogP contribution in [0, 0.1) is 5.41 Å². The lowest BCUT2D eigenvalue weighted by atomic mass is 9.79. The predicted molar refractivity (Wildman–Crippen MR) is 66.4 cm³/mol. The molecule has 0 bridgehead atoms. The Bertz CT molecular complexity index is 356. The third-order valence-electron chi connectivity index (χ3n) is 3.16. The molecular formula is C14H19Cl. The highest BCUT2D eigenvalue weighted by atomic mass is 35.5. The third kappa shape index (κ3) is 2.55. The molecule has 1 aliphatic carbocycles. The van der Waals surface area contributed by atoms with Gasteiger partial charge in [0.15, 0.2) is 0 Å². The maximum atomic E-state index is 6.05. The minimum Gasteiger partial charge on any atom is -0.0843 e. The Labute approximate surface area is 97.6 Å². The van der Waals surface area contributed by atoms with Crippen LogP contribution in [-0.4, -0.2) is 0 Å². The third-order valence-corrected chi connectivity index (χ3v) is 3.39. The van der Waals surface area contributed by atoms with Crippen molar-refractivity contribution in [1.29, 1.82) is 0 Å². The molecule has 1 aliphatic rings. The molecule has 0 radical (unpaired) electrons. The highest BCUT2D eigenvalue weighted by molar-refractivity contribution is 6.30. The molecule has 1 saturated carbocycles. The Hall–Kier alpha value is -0.490. The van der Waals surface area contributed by atoms with Gasteiger partial charge in [-0.05, 0) is 47.8 Å². The monoisotopic (exact) mass is 222 g/mol. The summed E-state index contributed by atoms with van der Waals surface area (Å²) in [5, 5.41) is 0.868. The van der Waals surface area contributed by atoms with Crippen molar-refractivity contribution in [2.45, 2.75) is 45.4 Å². The second-order valence-electron chi connectivity index (χ2n) is 6.03. The molecule has 0 saturated heterocycles. The molecule has 1 aromatic carbocycles. The topological polar surface area (TPSA) is 0 Å². The van der Waals surface area contributed by atoms with E-state index in [2.05, 4.69) is 39.0 Å². The van der Waals surface area contributed by atoms with Crippen LogP contribution in [0.25, 0.3) is 0 Å². The average molecular weight is 223 g/mol. The zero-order valence-electron chi connectivity index (χ0n) is 9.81. The van der Waals surface area contributed by atoms with Gasteiger partial charge in [-0.25, -0.2) is 0 Å². The van der Waals surface area contributed by atoms with E-state index in [1.54, 1.807) is 0 Å². The molecular weight excluding hydrogens is 204 g/mol. The van der Waals surface area contributed by atoms with Crippen LogP contribution in [0.1, 0.15) is 45.6 Å². The van der Waals surface area contributed by atoms with Gasteiger partial charge in [-0.1, -0.05) is 44.5 Å². The normalized spacial score (nSPS) is 18.9. The minimum atomic E-state index is 0.402. The van der Waals surface area contributed by atoms with Crippen LogP contribution in [0.5, 0.6) is 0 Å². The fraction of sp³-hybridized carbons (Fsp3) is 0.571. The van der Waals surface area contributed by atoms with Crippen molar-refractivity contribution in [1.82, 2.24) is 0 Å². The van der Waals surface area contributed by atoms with E-state index in [0.717, 1.165) is 5.02 Å². The molecule has 82 valence electrons. The lowest BCUT2D eigenvalue weighted by Gasteiger charge is -2.26. The Balaban J connectivity index is 2.23. The van der Waals surface area contributed by atoms with Crippen LogP contribution in [0.4, 0.5) is 0 Å². The number of rotatable bonds is 2. The Morgan fingerprint density at radius 1 is 1.27 bits per heavy atom. The van der Waals surface area contributed by atoms with Crippen LogP contribution in [0.15, 0.2) is 24.3 Å². The lowest BCUT2D eigenvalue weighted by molar-refractivity contribution is 0.329. The number of halogens is 1. The van der Waals surface area contributed by atoms with Crippen molar-refractivity contribution in [2.75, 3.05) is 0 Å². The van der Waals surface area contributed by atoms with Crippen LogP contribution in [0.3, 0.4) is 0 Å². The first-order valence-electron chi connectivity index (χ1n) is 5.67. The molecule has 0 nitrogen and oxygen atoms in total. The van der Waals surface area contributed by atoms with E-state index in [0.29, 0.717) is 10.8 Å². The van der Waals surface area contributed by atoms with Gasteiger partial charge in [0.05, 0.1) is 0 Å². The minimum absolute atomic E-state index is 0.402. The predicted octanol–water partition coefficient (Wildman–Crippen LogP) is 4.81. The second kappa shape index (κ2) is 3.52. The van der Waals surface area contributed by atoms with Gasteiger partial charge in [-0.15, -0.1) is 0 Å². The number of hydrogen-bond donors (Lipinski definition) is 0. The van der Waals surface area contributed by atoms with E-state index in [4.69, 9.17) is 11.6 Å². The van der Waals surface area contributed by atoms with E-state index in [9.17, 15) is 0 Å². The fourth-order valence-corrected chi connectivity index (χ4v) is 2.74. The highest BCUT2D eigenvalue weighted by Crippen LogP contribution is 2.55. The summed E-state index contributed by atoms with van der Waals surface area (Å²) in [4.78, 5) is 0. The summed E-state index contributed by atoms with van der Waals surface area (Å²) in [5.41, 5.74) is 2.27. The summed E-state index contributed by atoms with van der Waals surface area (Å²) in [6, 6.07) is 8.39. The summed E-state index contributed by atoms with van der Waals surface area (Å²) in [6.07, 6.45) is 3.91. The first-order chi connectivity index (χ1) is 6.91. The van der Waals surface area contributed by atoms with Crippen molar-refractivity contribution in [3.63, 3.8) is 0 Å². The molecule has 1 heteroatoms. The van der Waals surface area contributed by atoms with Crippen molar-refractivity contribution in [3.8, 4) is 0 Å². The van der Waals surface area contributed by atoms with E-state index in [-0.39, 0.29) is 0 Å². The molecule has 0 spiro atoms. The van der Waals surface area contributed by atoms with Crippen molar-refractivity contribution in [2.24, 2.45) is 5.41 Å². The van der Waals surface area contributed by atoms with Gasteiger partial charge in [-0.3, -0.25) is 0 Å². The molecule has 0 atom stereocenters. The molecule has 0 aromatic heterocycles. The van der Waals surface area contributed by atoms with Gasteiger partial charge < -0.3 is 0 Å². The van der Waals surface area contributed by atoms with Crippen LogP contribution < -0.4 is 0 Å². The van der Waals surface area contributed by atoms with Crippen molar-refractivity contribution in [3.05, 3.63) is 34.9 Å². The van der Waals surface area contributed by atoms with Gasteiger partial charge in [0.1, 0.15) is 0 Å². The zero-order valence-corrected chi connectivity index (χ0v) is 10.6. The van der Waals surface area contributed by atoms with E-state index in [1.807, 2.05) is 6.07 Å². The van der Waals surface area contributed by atoms with Gasteiger partial charge in [-0.2, -0.15) is 0 Å². The second-order valence-corrected chi connectivity index (χ2v) is 6.46.